The molecule has 14 heavy (non-hydrogen) atoms. The molecule has 0 aliphatic carbocycles. The van der Waals surface area contributed by atoms with E-state index >= 15 is 0 Å². The van der Waals surface area contributed by atoms with Crippen LogP contribution in [-0.2, 0) is 6.42 Å². The van der Waals surface area contributed by atoms with Crippen LogP contribution in [0.3, 0.4) is 0 Å². The van der Waals surface area contributed by atoms with Crippen LogP contribution in [0.4, 0.5) is 0 Å². The van der Waals surface area contributed by atoms with E-state index in [2.05, 4.69) is 38.4 Å². The van der Waals surface area contributed by atoms with E-state index in [4.69, 9.17) is 0 Å². The van der Waals surface area contributed by atoms with E-state index in [0.717, 1.165) is 25.1 Å². The molecule has 0 spiro atoms. The molecule has 0 aromatic carbocycles. The van der Waals surface area contributed by atoms with Crippen molar-refractivity contribution in [2.45, 2.75) is 38.6 Å². The highest BCUT2D eigenvalue weighted by Crippen LogP contribution is 2.30. The molecule has 0 bridgehead atoms. The molecular weight excluding hydrogens is 242 g/mol. The number of hydrogen-bond acceptors (Lipinski definition) is 2. The van der Waals surface area contributed by atoms with Crippen molar-refractivity contribution in [2.75, 3.05) is 6.54 Å². The predicted octanol–water partition coefficient (Wildman–Crippen LogP) is 2.55. The first kappa shape index (κ1) is 10.2. The zero-order chi connectivity index (χ0) is 9.97. The lowest BCUT2D eigenvalue weighted by Crippen LogP contribution is -2.13. The Hall–Kier alpha value is -0.350. The average Bonchev–Trinajstić information content (AvgIpc) is 2.77. The lowest BCUT2D eigenvalue weighted by Gasteiger charge is -2.06. The number of aryl methyl sites for hydroxylation is 1. The third kappa shape index (κ3) is 1.86. The molecule has 2 heterocycles. The van der Waals surface area contributed by atoms with Gasteiger partial charge in [-0.1, -0.05) is 13.3 Å². The van der Waals surface area contributed by atoms with Gasteiger partial charge in [-0.15, -0.1) is 0 Å². The first-order valence-corrected chi connectivity index (χ1v) is 6.08. The van der Waals surface area contributed by atoms with Gasteiger partial charge in [0.15, 0.2) is 0 Å². The monoisotopic (exact) mass is 257 g/mol. The Balaban J connectivity index is 2.17. The molecule has 0 saturated carbocycles. The molecule has 1 aromatic rings. The van der Waals surface area contributed by atoms with Crippen LogP contribution in [0.1, 0.15) is 43.6 Å². The molecule has 1 saturated heterocycles. The Morgan fingerprint density at radius 1 is 1.57 bits per heavy atom. The van der Waals surface area contributed by atoms with Crippen LogP contribution in [0.5, 0.6) is 0 Å². The average molecular weight is 258 g/mol. The maximum Gasteiger partial charge on any atom is 0.0936 e. The molecule has 78 valence electrons. The molecule has 1 aliphatic rings. The fraction of sp³-hybridized carbons (Fsp3) is 0.700. The van der Waals surface area contributed by atoms with Crippen LogP contribution < -0.4 is 5.32 Å². The maximum absolute atomic E-state index is 4.38. The summed E-state index contributed by atoms with van der Waals surface area (Å²) < 4.78 is 1.18. The molecule has 1 atom stereocenters. The number of aromatic amines is 1. The van der Waals surface area contributed by atoms with E-state index < -0.39 is 0 Å². The van der Waals surface area contributed by atoms with E-state index in [1.54, 1.807) is 0 Å². The minimum Gasteiger partial charge on any atom is -0.309 e. The Morgan fingerprint density at radius 3 is 3.07 bits per heavy atom. The van der Waals surface area contributed by atoms with Crippen molar-refractivity contribution in [3.05, 3.63) is 15.9 Å². The van der Waals surface area contributed by atoms with Crippen LogP contribution in [-0.4, -0.2) is 16.7 Å². The summed E-state index contributed by atoms with van der Waals surface area (Å²) >= 11 is 3.63. The SMILES string of the molecule is CCCc1[nH]nc(C2CCCN2)c1Br. The molecule has 1 aliphatic heterocycles. The molecule has 3 nitrogen and oxygen atoms in total. The van der Waals surface area contributed by atoms with Crippen molar-refractivity contribution in [3.8, 4) is 0 Å². The van der Waals surface area contributed by atoms with E-state index in [1.165, 1.54) is 23.0 Å². The quantitative estimate of drug-likeness (QED) is 0.874. The Morgan fingerprint density at radius 2 is 2.43 bits per heavy atom. The minimum atomic E-state index is 0.450. The number of nitrogens with zero attached hydrogens (tertiary/aromatic N) is 1. The highest BCUT2D eigenvalue weighted by Gasteiger charge is 2.22. The minimum absolute atomic E-state index is 0.450. The van der Waals surface area contributed by atoms with Crippen molar-refractivity contribution in [2.24, 2.45) is 0 Å². The van der Waals surface area contributed by atoms with Gasteiger partial charge >= 0.3 is 0 Å². The lowest BCUT2D eigenvalue weighted by atomic mass is 10.1. The summed E-state index contributed by atoms with van der Waals surface area (Å²) in [5.74, 6) is 0. The summed E-state index contributed by atoms with van der Waals surface area (Å²) in [6, 6.07) is 0.450. The number of rotatable bonds is 3. The van der Waals surface area contributed by atoms with Gasteiger partial charge in [0.2, 0.25) is 0 Å². The van der Waals surface area contributed by atoms with Crippen molar-refractivity contribution in [1.29, 1.82) is 0 Å². The first-order chi connectivity index (χ1) is 6.83. The zero-order valence-electron chi connectivity index (χ0n) is 8.44. The molecule has 0 radical (unpaired) electrons. The third-order valence-electron chi connectivity index (χ3n) is 2.69. The standard InChI is InChI=1S/C10H16BrN3/c1-2-4-7-9(11)10(14-13-7)8-5-3-6-12-8/h8,12H,2-6H2,1H3,(H,13,14). The van der Waals surface area contributed by atoms with Crippen molar-refractivity contribution < 1.29 is 0 Å². The molecule has 4 heteroatoms. The summed E-state index contributed by atoms with van der Waals surface area (Å²) in [4.78, 5) is 0. The van der Waals surface area contributed by atoms with Crippen LogP contribution in [0.25, 0.3) is 0 Å². The van der Waals surface area contributed by atoms with Gasteiger partial charge in [-0.2, -0.15) is 5.10 Å². The zero-order valence-corrected chi connectivity index (χ0v) is 10.0. The number of halogens is 1. The second kappa shape index (κ2) is 4.45. The maximum atomic E-state index is 4.38. The Kier molecular flexibility index (Phi) is 3.23. The van der Waals surface area contributed by atoms with Gasteiger partial charge in [0, 0.05) is 5.69 Å². The highest BCUT2D eigenvalue weighted by molar-refractivity contribution is 9.10. The van der Waals surface area contributed by atoms with Crippen molar-refractivity contribution in [3.63, 3.8) is 0 Å². The Labute approximate surface area is 92.8 Å². The van der Waals surface area contributed by atoms with Gasteiger partial charge in [0.05, 0.1) is 16.2 Å². The summed E-state index contributed by atoms with van der Waals surface area (Å²) in [5, 5.41) is 11.0. The van der Waals surface area contributed by atoms with E-state index in [9.17, 15) is 0 Å². The fourth-order valence-electron chi connectivity index (χ4n) is 1.94. The van der Waals surface area contributed by atoms with Gasteiger partial charge in [0.25, 0.3) is 0 Å². The molecular formula is C10H16BrN3. The smallest absolute Gasteiger partial charge is 0.0936 e. The Bertz CT molecular complexity index is 302. The molecule has 2 rings (SSSR count). The van der Waals surface area contributed by atoms with Gasteiger partial charge in [-0.25, -0.2) is 0 Å². The fourth-order valence-corrected chi connectivity index (χ4v) is 2.60. The van der Waals surface area contributed by atoms with E-state index in [1.807, 2.05) is 0 Å². The van der Waals surface area contributed by atoms with Gasteiger partial charge in [-0.05, 0) is 41.7 Å². The number of nitrogens with one attached hydrogen (secondary N) is 2. The molecule has 2 N–H and O–H groups in total. The molecule has 1 unspecified atom stereocenters. The third-order valence-corrected chi connectivity index (χ3v) is 3.58. The molecule has 0 amide bonds. The summed E-state index contributed by atoms with van der Waals surface area (Å²) in [5.41, 5.74) is 2.39. The summed E-state index contributed by atoms with van der Waals surface area (Å²) in [6.45, 7) is 3.30. The van der Waals surface area contributed by atoms with Crippen molar-refractivity contribution in [1.82, 2.24) is 15.5 Å². The topological polar surface area (TPSA) is 40.7 Å². The van der Waals surface area contributed by atoms with Crippen LogP contribution >= 0.6 is 15.9 Å². The molecule has 1 fully saturated rings. The molecule has 1 aromatic heterocycles. The van der Waals surface area contributed by atoms with E-state index in [0.29, 0.717) is 6.04 Å². The number of H-pyrrole nitrogens is 1. The summed E-state index contributed by atoms with van der Waals surface area (Å²) in [7, 11) is 0. The number of aromatic nitrogens is 2. The van der Waals surface area contributed by atoms with Crippen LogP contribution in [0, 0.1) is 0 Å². The summed E-state index contributed by atoms with van der Waals surface area (Å²) in [6.07, 6.45) is 4.68. The second-order valence-corrected chi connectivity index (χ2v) is 4.59. The van der Waals surface area contributed by atoms with Gasteiger partial charge < -0.3 is 5.32 Å². The lowest BCUT2D eigenvalue weighted by molar-refractivity contribution is 0.623. The van der Waals surface area contributed by atoms with E-state index in [-0.39, 0.29) is 0 Å². The second-order valence-electron chi connectivity index (χ2n) is 3.80. The van der Waals surface area contributed by atoms with Gasteiger partial charge in [-0.3, -0.25) is 5.10 Å². The predicted molar refractivity (Wildman–Crippen MR) is 60.3 cm³/mol. The van der Waals surface area contributed by atoms with Gasteiger partial charge in [0.1, 0.15) is 0 Å². The highest BCUT2D eigenvalue weighted by atomic mass is 79.9. The largest absolute Gasteiger partial charge is 0.309 e. The first-order valence-electron chi connectivity index (χ1n) is 5.29. The van der Waals surface area contributed by atoms with Crippen LogP contribution in [0.2, 0.25) is 0 Å². The van der Waals surface area contributed by atoms with Crippen LogP contribution in [0.15, 0.2) is 4.47 Å². The normalized spacial score (nSPS) is 21.7. The van der Waals surface area contributed by atoms with Crippen molar-refractivity contribution >= 4 is 15.9 Å². The number of hydrogen-bond donors (Lipinski definition) is 2.